The fourth-order valence-electron chi connectivity index (χ4n) is 4.89. The summed E-state index contributed by atoms with van der Waals surface area (Å²) in [6, 6.07) is 12.5. The molecule has 1 unspecified atom stereocenters. The van der Waals surface area contributed by atoms with Crippen LogP contribution < -0.4 is 23.8 Å². The summed E-state index contributed by atoms with van der Waals surface area (Å²) in [6.07, 6.45) is 0. The first-order valence-corrected chi connectivity index (χ1v) is 12.8. The van der Waals surface area contributed by atoms with E-state index in [0.717, 1.165) is 16.5 Å². The Kier molecular flexibility index (Phi) is 8.32. The minimum Gasteiger partial charge on any atom is -0.507 e. The maximum atomic E-state index is 14.3. The van der Waals surface area contributed by atoms with Gasteiger partial charge >= 0.3 is 0 Å². The Hall–Kier alpha value is -4.53. The maximum absolute atomic E-state index is 14.3. The van der Waals surface area contributed by atoms with Crippen LogP contribution in [-0.4, -0.2) is 44.7 Å². The zero-order valence-electron chi connectivity index (χ0n) is 23.3. The van der Waals surface area contributed by atoms with Crippen LogP contribution in [0.2, 0.25) is 0 Å². The van der Waals surface area contributed by atoms with E-state index in [0.29, 0.717) is 29.2 Å². The standard InChI is InChI=1S/C31H32FNO7/c1-7-40-23-12-11-18(13-22(23)17(2)3)28(34)26-27(19-14-24(37-4)30(39-6)25(15-19)38-5)33(31(36)29(26)35)21-10-8-9-20(32)16-21/h8-17,27,34H,7H2,1-6H3/b28-26+. The number of amides is 1. The summed E-state index contributed by atoms with van der Waals surface area (Å²) >= 11 is 0. The second-order valence-corrected chi connectivity index (χ2v) is 9.45. The van der Waals surface area contributed by atoms with E-state index in [1.54, 1.807) is 30.3 Å². The second kappa shape index (κ2) is 11.7. The lowest BCUT2D eigenvalue weighted by molar-refractivity contribution is -0.132. The number of aliphatic hydroxyl groups excluding tert-OH is 1. The molecule has 1 N–H and O–H groups in total. The fourth-order valence-corrected chi connectivity index (χ4v) is 4.89. The molecule has 1 atom stereocenters. The van der Waals surface area contributed by atoms with Gasteiger partial charge in [-0.25, -0.2) is 4.39 Å². The minimum absolute atomic E-state index is 0.0508. The van der Waals surface area contributed by atoms with E-state index in [4.69, 9.17) is 18.9 Å². The molecule has 1 aliphatic heterocycles. The predicted molar refractivity (Wildman–Crippen MR) is 149 cm³/mol. The van der Waals surface area contributed by atoms with E-state index in [-0.39, 0.29) is 34.4 Å². The molecule has 3 aromatic carbocycles. The number of carbonyl (C=O) groups excluding carboxylic acids is 2. The Morgan fingerprint density at radius 3 is 2.17 bits per heavy atom. The minimum atomic E-state index is -1.13. The lowest BCUT2D eigenvalue weighted by atomic mass is 9.92. The van der Waals surface area contributed by atoms with E-state index in [2.05, 4.69) is 0 Å². The van der Waals surface area contributed by atoms with Gasteiger partial charge in [-0.2, -0.15) is 0 Å². The van der Waals surface area contributed by atoms with Crippen LogP contribution in [0, 0.1) is 5.82 Å². The lowest BCUT2D eigenvalue weighted by Crippen LogP contribution is -2.29. The number of hydrogen-bond acceptors (Lipinski definition) is 7. The summed E-state index contributed by atoms with van der Waals surface area (Å²) in [7, 11) is 4.34. The zero-order valence-corrected chi connectivity index (χ0v) is 23.3. The molecule has 0 aliphatic carbocycles. The average Bonchev–Trinajstić information content (AvgIpc) is 3.21. The quantitative estimate of drug-likeness (QED) is 0.199. The number of ether oxygens (including phenoxy) is 4. The molecule has 1 fully saturated rings. The van der Waals surface area contributed by atoms with Crippen LogP contribution in [0.25, 0.3) is 5.76 Å². The van der Waals surface area contributed by atoms with Crippen molar-refractivity contribution >= 4 is 23.1 Å². The van der Waals surface area contributed by atoms with Crippen LogP contribution >= 0.6 is 0 Å². The Bertz CT molecular complexity index is 1460. The number of carbonyl (C=O) groups is 2. The second-order valence-electron chi connectivity index (χ2n) is 9.45. The topological polar surface area (TPSA) is 94.5 Å². The molecule has 0 saturated carbocycles. The van der Waals surface area contributed by atoms with Crippen LogP contribution in [0.4, 0.5) is 10.1 Å². The number of rotatable bonds is 9. The van der Waals surface area contributed by atoms with Crippen molar-refractivity contribution in [3.05, 3.63) is 82.7 Å². The van der Waals surface area contributed by atoms with Gasteiger partial charge in [0.05, 0.1) is 39.6 Å². The largest absolute Gasteiger partial charge is 0.507 e. The highest BCUT2D eigenvalue weighted by Crippen LogP contribution is 2.47. The Morgan fingerprint density at radius 2 is 1.62 bits per heavy atom. The number of Topliss-reactive ketones (excluding diaryl/α,β-unsaturated/α-hetero) is 1. The number of nitrogens with zero attached hydrogens (tertiary/aromatic N) is 1. The van der Waals surface area contributed by atoms with Gasteiger partial charge < -0.3 is 24.1 Å². The molecule has 0 aromatic heterocycles. The van der Waals surface area contributed by atoms with Crippen molar-refractivity contribution in [2.24, 2.45) is 0 Å². The number of anilines is 1. The summed E-state index contributed by atoms with van der Waals surface area (Å²) in [5.41, 5.74) is 1.53. The highest BCUT2D eigenvalue weighted by molar-refractivity contribution is 6.51. The van der Waals surface area contributed by atoms with Gasteiger partial charge in [0.1, 0.15) is 17.3 Å². The third-order valence-corrected chi connectivity index (χ3v) is 6.74. The van der Waals surface area contributed by atoms with Gasteiger partial charge in [0.15, 0.2) is 11.5 Å². The van der Waals surface area contributed by atoms with E-state index in [1.807, 2.05) is 20.8 Å². The number of methoxy groups -OCH3 is 3. The maximum Gasteiger partial charge on any atom is 0.300 e. The SMILES string of the molecule is CCOc1ccc(/C(O)=C2\C(=O)C(=O)N(c3cccc(F)c3)C2c2cc(OC)c(OC)c(OC)c2)cc1C(C)C. The van der Waals surface area contributed by atoms with Crippen LogP contribution in [0.5, 0.6) is 23.0 Å². The molecule has 8 nitrogen and oxygen atoms in total. The first-order chi connectivity index (χ1) is 19.2. The molecule has 1 amide bonds. The normalized spacial score (nSPS) is 16.4. The summed E-state index contributed by atoms with van der Waals surface area (Å²) in [5.74, 6) is -1.21. The first kappa shape index (κ1) is 28.5. The number of ketones is 1. The highest BCUT2D eigenvalue weighted by Gasteiger charge is 2.47. The van der Waals surface area contributed by atoms with Gasteiger partial charge in [0, 0.05) is 11.3 Å². The van der Waals surface area contributed by atoms with Crippen LogP contribution in [0.3, 0.4) is 0 Å². The third-order valence-electron chi connectivity index (χ3n) is 6.74. The molecule has 4 rings (SSSR count). The van der Waals surface area contributed by atoms with E-state index < -0.39 is 23.5 Å². The molecule has 40 heavy (non-hydrogen) atoms. The number of halogens is 1. The van der Waals surface area contributed by atoms with Crippen molar-refractivity contribution in [2.75, 3.05) is 32.8 Å². The van der Waals surface area contributed by atoms with Crippen molar-refractivity contribution in [3.8, 4) is 23.0 Å². The van der Waals surface area contributed by atoms with Gasteiger partial charge in [0.2, 0.25) is 5.75 Å². The summed E-state index contributed by atoms with van der Waals surface area (Å²) in [6.45, 7) is 6.31. The van der Waals surface area contributed by atoms with Gasteiger partial charge in [-0.1, -0.05) is 19.9 Å². The van der Waals surface area contributed by atoms with Gasteiger partial charge in [0.25, 0.3) is 11.7 Å². The molecule has 0 spiro atoms. The Balaban J connectivity index is 2.01. The Morgan fingerprint density at radius 1 is 0.950 bits per heavy atom. The van der Waals surface area contributed by atoms with Gasteiger partial charge in [-0.15, -0.1) is 0 Å². The summed E-state index contributed by atoms with van der Waals surface area (Å²) in [4.78, 5) is 28.2. The molecular formula is C31H32FNO7. The van der Waals surface area contributed by atoms with Crippen LogP contribution in [-0.2, 0) is 9.59 Å². The molecule has 9 heteroatoms. The third kappa shape index (κ3) is 5.06. The molecule has 210 valence electrons. The van der Waals surface area contributed by atoms with Gasteiger partial charge in [-0.3, -0.25) is 14.5 Å². The number of benzene rings is 3. The van der Waals surface area contributed by atoms with Crippen molar-refractivity contribution in [1.82, 2.24) is 0 Å². The van der Waals surface area contributed by atoms with Crippen molar-refractivity contribution in [3.63, 3.8) is 0 Å². The number of hydrogen-bond donors (Lipinski definition) is 1. The van der Waals surface area contributed by atoms with E-state index in [1.165, 1.54) is 39.5 Å². The summed E-state index contributed by atoms with van der Waals surface area (Å²) in [5, 5.41) is 11.6. The van der Waals surface area contributed by atoms with Crippen molar-refractivity contribution in [2.45, 2.75) is 32.7 Å². The van der Waals surface area contributed by atoms with Crippen LogP contribution in [0.1, 0.15) is 49.4 Å². The first-order valence-electron chi connectivity index (χ1n) is 12.8. The van der Waals surface area contributed by atoms with Crippen molar-refractivity contribution < 1.29 is 38.0 Å². The van der Waals surface area contributed by atoms with E-state index in [9.17, 15) is 19.1 Å². The molecule has 1 saturated heterocycles. The smallest absolute Gasteiger partial charge is 0.300 e. The fraction of sp³-hybridized carbons (Fsp3) is 0.290. The monoisotopic (exact) mass is 549 g/mol. The Labute approximate surface area is 232 Å². The predicted octanol–water partition coefficient (Wildman–Crippen LogP) is 6.00. The molecular weight excluding hydrogens is 517 g/mol. The highest BCUT2D eigenvalue weighted by atomic mass is 19.1. The molecule has 1 aliphatic rings. The average molecular weight is 550 g/mol. The van der Waals surface area contributed by atoms with Crippen LogP contribution in [0.15, 0.2) is 60.2 Å². The van der Waals surface area contributed by atoms with E-state index >= 15 is 0 Å². The van der Waals surface area contributed by atoms with Crippen molar-refractivity contribution in [1.29, 1.82) is 0 Å². The van der Waals surface area contributed by atoms with Gasteiger partial charge in [-0.05, 0) is 72.5 Å². The molecule has 3 aromatic rings. The molecule has 1 heterocycles. The zero-order chi connectivity index (χ0) is 29.1. The molecule has 0 bridgehead atoms. The lowest BCUT2D eigenvalue weighted by Gasteiger charge is -2.26. The number of aliphatic hydroxyl groups is 1. The summed E-state index contributed by atoms with van der Waals surface area (Å²) < 4.78 is 36.5. The molecule has 0 radical (unpaired) electrons.